The van der Waals surface area contributed by atoms with Crippen LogP contribution in [0, 0.1) is 34.0 Å². The van der Waals surface area contributed by atoms with Gasteiger partial charge in [0.15, 0.2) is 11.2 Å². The van der Waals surface area contributed by atoms with Gasteiger partial charge in [0.2, 0.25) is 5.78 Å². The third-order valence-corrected chi connectivity index (χ3v) is 3.78. The van der Waals surface area contributed by atoms with Gasteiger partial charge in [0, 0.05) is 5.92 Å². The normalized spacial score (nSPS) is 22.5. The number of hydrogen-bond donors (Lipinski definition) is 0. The highest BCUT2D eigenvalue weighted by Crippen LogP contribution is 2.65. The van der Waals surface area contributed by atoms with Gasteiger partial charge >= 0.3 is 0 Å². The minimum Gasteiger partial charge on any atom is -0.461 e. The Kier molecular flexibility index (Phi) is 2.66. The van der Waals surface area contributed by atoms with Gasteiger partial charge in [-0.3, -0.25) is 4.79 Å². The lowest BCUT2D eigenvalue weighted by Gasteiger charge is -1.97. The SMILES string of the molecule is N#CC1(C#N)C(C(=O)c2ccco2)C1c1ccccc1. The van der Waals surface area contributed by atoms with E-state index in [1.165, 1.54) is 6.26 Å². The molecule has 1 aromatic heterocycles. The Morgan fingerprint density at radius 2 is 1.80 bits per heavy atom. The second-order valence-corrected chi connectivity index (χ2v) is 4.80. The first kappa shape index (κ1) is 12.2. The van der Waals surface area contributed by atoms with Crippen molar-refractivity contribution in [2.45, 2.75) is 5.92 Å². The Hall–Kier alpha value is -2.85. The van der Waals surface area contributed by atoms with E-state index in [2.05, 4.69) is 0 Å². The zero-order chi connectivity index (χ0) is 14.2. The molecule has 0 amide bonds. The highest BCUT2D eigenvalue weighted by atomic mass is 16.3. The van der Waals surface area contributed by atoms with Crippen molar-refractivity contribution in [3.63, 3.8) is 0 Å². The van der Waals surface area contributed by atoms with Crippen molar-refractivity contribution in [2.24, 2.45) is 11.3 Å². The monoisotopic (exact) mass is 262 g/mol. The number of hydrogen-bond acceptors (Lipinski definition) is 4. The summed E-state index contributed by atoms with van der Waals surface area (Å²) in [6, 6.07) is 16.4. The molecule has 1 aromatic carbocycles. The highest BCUT2D eigenvalue weighted by Gasteiger charge is 2.71. The molecule has 1 fully saturated rings. The summed E-state index contributed by atoms with van der Waals surface area (Å²) < 4.78 is 5.09. The van der Waals surface area contributed by atoms with Gasteiger partial charge in [0.05, 0.1) is 24.3 Å². The highest BCUT2D eigenvalue weighted by molar-refractivity contribution is 6.00. The molecule has 1 saturated carbocycles. The summed E-state index contributed by atoms with van der Waals surface area (Å²) in [6.07, 6.45) is 1.41. The van der Waals surface area contributed by atoms with Crippen LogP contribution in [0.2, 0.25) is 0 Å². The van der Waals surface area contributed by atoms with Gasteiger partial charge in [-0.25, -0.2) is 0 Å². The average Bonchev–Trinajstić information content (AvgIpc) is 2.86. The van der Waals surface area contributed by atoms with Crippen LogP contribution in [0.3, 0.4) is 0 Å². The van der Waals surface area contributed by atoms with Crippen molar-refractivity contribution in [1.82, 2.24) is 0 Å². The molecular weight excluding hydrogens is 252 g/mol. The Balaban J connectivity index is 2.01. The molecule has 0 saturated heterocycles. The zero-order valence-corrected chi connectivity index (χ0v) is 10.5. The van der Waals surface area contributed by atoms with E-state index in [1.54, 1.807) is 12.1 Å². The lowest BCUT2D eigenvalue weighted by atomic mass is 10.0. The molecule has 2 aromatic rings. The van der Waals surface area contributed by atoms with Gasteiger partial charge in [-0.15, -0.1) is 0 Å². The molecule has 1 aliphatic rings. The van der Waals surface area contributed by atoms with Crippen LogP contribution in [0.15, 0.2) is 53.1 Å². The van der Waals surface area contributed by atoms with Crippen LogP contribution in [0.1, 0.15) is 22.0 Å². The third kappa shape index (κ3) is 1.56. The first-order valence-electron chi connectivity index (χ1n) is 6.20. The number of rotatable bonds is 3. The Bertz CT molecular complexity index is 706. The standard InChI is InChI=1S/C16H10N2O2/c17-9-16(10-18)13(11-5-2-1-3-6-11)14(16)15(19)12-7-4-8-20-12/h1-8,13-14H. The van der Waals surface area contributed by atoms with Crippen molar-refractivity contribution in [3.8, 4) is 12.1 Å². The molecule has 20 heavy (non-hydrogen) atoms. The van der Waals surface area contributed by atoms with Crippen LogP contribution in [-0.2, 0) is 0 Å². The Morgan fingerprint density at radius 1 is 1.10 bits per heavy atom. The molecule has 96 valence electrons. The quantitative estimate of drug-likeness (QED) is 0.797. The molecule has 0 aliphatic heterocycles. The number of carbonyl (C=O) groups excluding carboxylic acids is 1. The molecule has 0 spiro atoms. The van der Waals surface area contributed by atoms with Crippen molar-refractivity contribution >= 4 is 5.78 Å². The van der Waals surface area contributed by atoms with E-state index in [0.29, 0.717) is 0 Å². The van der Waals surface area contributed by atoms with E-state index < -0.39 is 17.3 Å². The number of furan rings is 1. The molecule has 4 nitrogen and oxygen atoms in total. The lowest BCUT2D eigenvalue weighted by Crippen LogP contribution is -2.07. The van der Waals surface area contributed by atoms with E-state index in [1.807, 2.05) is 42.5 Å². The van der Waals surface area contributed by atoms with E-state index in [-0.39, 0.29) is 11.5 Å². The van der Waals surface area contributed by atoms with Gasteiger partial charge in [-0.2, -0.15) is 10.5 Å². The summed E-state index contributed by atoms with van der Waals surface area (Å²) in [7, 11) is 0. The van der Waals surface area contributed by atoms with Gasteiger partial charge in [-0.1, -0.05) is 30.3 Å². The second-order valence-electron chi connectivity index (χ2n) is 4.80. The fraction of sp³-hybridized carbons (Fsp3) is 0.188. The van der Waals surface area contributed by atoms with Crippen LogP contribution < -0.4 is 0 Å². The van der Waals surface area contributed by atoms with Crippen molar-refractivity contribution in [3.05, 3.63) is 60.1 Å². The van der Waals surface area contributed by atoms with Gasteiger partial charge < -0.3 is 4.42 Å². The number of benzene rings is 1. The first-order chi connectivity index (χ1) is 9.74. The van der Waals surface area contributed by atoms with E-state index in [9.17, 15) is 15.3 Å². The lowest BCUT2D eigenvalue weighted by molar-refractivity contribution is 0.0930. The molecule has 0 radical (unpaired) electrons. The van der Waals surface area contributed by atoms with Crippen molar-refractivity contribution < 1.29 is 9.21 Å². The number of nitrogens with zero attached hydrogens (tertiary/aromatic N) is 2. The summed E-state index contributed by atoms with van der Waals surface area (Å²) in [5, 5.41) is 18.7. The molecule has 2 atom stereocenters. The summed E-state index contributed by atoms with van der Waals surface area (Å²) in [4.78, 5) is 12.4. The van der Waals surface area contributed by atoms with Crippen molar-refractivity contribution in [1.29, 1.82) is 10.5 Å². The van der Waals surface area contributed by atoms with Crippen LogP contribution in [0.5, 0.6) is 0 Å². The fourth-order valence-corrected chi connectivity index (χ4v) is 2.74. The topological polar surface area (TPSA) is 77.8 Å². The summed E-state index contributed by atoms with van der Waals surface area (Å²) in [5.74, 6) is -1.14. The van der Waals surface area contributed by atoms with E-state index >= 15 is 0 Å². The largest absolute Gasteiger partial charge is 0.461 e. The maximum atomic E-state index is 12.4. The van der Waals surface area contributed by atoms with Gasteiger partial charge in [-0.05, 0) is 17.7 Å². The maximum Gasteiger partial charge on any atom is 0.204 e. The van der Waals surface area contributed by atoms with Gasteiger partial charge in [0.25, 0.3) is 0 Å². The predicted molar refractivity (Wildman–Crippen MR) is 69.4 cm³/mol. The van der Waals surface area contributed by atoms with E-state index in [0.717, 1.165) is 5.56 Å². The average molecular weight is 262 g/mol. The minimum atomic E-state index is -1.29. The summed E-state index contributed by atoms with van der Waals surface area (Å²) >= 11 is 0. The third-order valence-electron chi connectivity index (χ3n) is 3.78. The Labute approximate surface area is 115 Å². The molecule has 0 bridgehead atoms. The number of ketones is 1. The first-order valence-corrected chi connectivity index (χ1v) is 6.20. The zero-order valence-electron chi connectivity index (χ0n) is 10.5. The maximum absolute atomic E-state index is 12.4. The number of nitriles is 2. The second kappa shape index (κ2) is 4.36. The summed E-state index contributed by atoms with van der Waals surface area (Å²) in [5.41, 5.74) is -0.453. The van der Waals surface area contributed by atoms with Crippen molar-refractivity contribution in [2.75, 3.05) is 0 Å². The van der Waals surface area contributed by atoms with Gasteiger partial charge in [0.1, 0.15) is 0 Å². The predicted octanol–water partition coefficient (Wildman–Crippen LogP) is 2.91. The van der Waals surface area contributed by atoms with Crippen LogP contribution in [-0.4, -0.2) is 5.78 Å². The summed E-state index contributed by atoms with van der Waals surface area (Å²) in [6.45, 7) is 0. The van der Waals surface area contributed by atoms with E-state index in [4.69, 9.17) is 4.42 Å². The number of Topliss-reactive ketones (excluding diaryl/α,β-unsaturated/α-hetero) is 1. The Morgan fingerprint density at radius 3 is 2.35 bits per heavy atom. The smallest absolute Gasteiger partial charge is 0.204 e. The molecule has 3 rings (SSSR count). The minimum absolute atomic E-state index is 0.198. The number of carbonyl (C=O) groups is 1. The molecular formula is C16H10N2O2. The molecule has 1 aliphatic carbocycles. The molecule has 4 heteroatoms. The van der Waals surface area contributed by atoms with Crippen LogP contribution in [0.25, 0.3) is 0 Å². The van der Waals surface area contributed by atoms with Crippen LogP contribution in [0.4, 0.5) is 0 Å². The molecule has 1 heterocycles. The fourth-order valence-electron chi connectivity index (χ4n) is 2.74. The molecule has 0 N–H and O–H groups in total. The molecule has 2 unspecified atom stereocenters. The van der Waals surface area contributed by atoms with Crippen LogP contribution >= 0.6 is 0 Å².